The topological polar surface area (TPSA) is 70.5 Å². The van der Waals surface area contributed by atoms with Crippen LogP contribution in [0.1, 0.15) is 51.9 Å². The summed E-state index contributed by atoms with van der Waals surface area (Å²) in [6.07, 6.45) is 7.86. The zero-order valence-corrected chi connectivity index (χ0v) is 19.4. The number of benzene rings is 1. The van der Waals surface area contributed by atoms with Crippen LogP contribution >= 0.6 is 0 Å². The molecular formula is C25H37N5O2. The minimum Gasteiger partial charge on any atom is -0.356 e. The number of aryl methyl sites for hydroxylation is 1. The van der Waals surface area contributed by atoms with Gasteiger partial charge in [0.1, 0.15) is 0 Å². The van der Waals surface area contributed by atoms with Crippen LogP contribution in [0.25, 0.3) is 11.0 Å². The van der Waals surface area contributed by atoms with Gasteiger partial charge in [-0.3, -0.25) is 9.59 Å². The second-order valence-electron chi connectivity index (χ2n) is 9.14. The molecule has 4 rings (SSSR count). The third kappa shape index (κ3) is 5.31. The number of likely N-dealkylation sites (tertiary alicyclic amines) is 1. The number of hydrogen-bond donors (Lipinski definition) is 1. The maximum Gasteiger partial charge on any atom is 0.293 e. The van der Waals surface area contributed by atoms with E-state index in [1.54, 1.807) is 4.57 Å². The average Bonchev–Trinajstić information content (AvgIpc) is 3.10. The fourth-order valence-corrected chi connectivity index (χ4v) is 5.07. The number of aromatic nitrogens is 2. The first-order valence-corrected chi connectivity index (χ1v) is 12.4. The first-order chi connectivity index (χ1) is 15.7. The molecule has 2 aliphatic heterocycles. The van der Waals surface area contributed by atoms with E-state index in [-0.39, 0.29) is 17.4 Å². The van der Waals surface area contributed by atoms with E-state index in [1.165, 1.54) is 38.8 Å². The van der Waals surface area contributed by atoms with Crippen molar-refractivity contribution in [2.75, 3.05) is 44.2 Å². The minimum atomic E-state index is -0.0392. The van der Waals surface area contributed by atoms with Crippen molar-refractivity contribution < 1.29 is 4.79 Å². The highest BCUT2D eigenvalue weighted by atomic mass is 16.2. The molecule has 0 bridgehead atoms. The molecule has 1 amide bonds. The average molecular weight is 440 g/mol. The molecule has 7 heteroatoms. The molecule has 174 valence electrons. The number of piperidine rings is 1. The predicted octanol–water partition coefficient (Wildman–Crippen LogP) is 3.02. The van der Waals surface area contributed by atoms with Crippen molar-refractivity contribution in [1.29, 1.82) is 0 Å². The van der Waals surface area contributed by atoms with Crippen LogP contribution in [-0.2, 0) is 11.3 Å². The van der Waals surface area contributed by atoms with Gasteiger partial charge in [-0.25, -0.2) is 4.98 Å². The van der Waals surface area contributed by atoms with Crippen molar-refractivity contribution in [3.8, 4) is 0 Å². The van der Waals surface area contributed by atoms with Gasteiger partial charge in [-0.1, -0.05) is 25.0 Å². The quantitative estimate of drug-likeness (QED) is 0.672. The zero-order chi connectivity index (χ0) is 22.3. The van der Waals surface area contributed by atoms with E-state index < -0.39 is 0 Å². The summed E-state index contributed by atoms with van der Waals surface area (Å²) < 4.78 is 1.79. The van der Waals surface area contributed by atoms with Crippen molar-refractivity contribution in [2.24, 2.45) is 5.92 Å². The van der Waals surface area contributed by atoms with Crippen LogP contribution in [0.2, 0.25) is 0 Å². The van der Waals surface area contributed by atoms with E-state index in [4.69, 9.17) is 0 Å². The number of hydrogen-bond acceptors (Lipinski definition) is 5. The van der Waals surface area contributed by atoms with Gasteiger partial charge in [0.15, 0.2) is 5.82 Å². The third-order valence-electron chi connectivity index (χ3n) is 6.97. The van der Waals surface area contributed by atoms with Crippen molar-refractivity contribution >= 4 is 22.8 Å². The van der Waals surface area contributed by atoms with Crippen LogP contribution in [0.15, 0.2) is 29.1 Å². The summed E-state index contributed by atoms with van der Waals surface area (Å²) in [7, 11) is 0. The predicted molar refractivity (Wildman–Crippen MR) is 129 cm³/mol. The highest BCUT2D eigenvalue weighted by Gasteiger charge is 2.27. The largest absolute Gasteiger partial charge is 0.356 e. The second-order valence-corrected chi connectivity index (χ2v) is 9.14. The number of amides is 1. The van der Waals surface area contributed by atoms with Gasteiger partial charge in [0.25, 0.3) is 5.56 Å². The first kappa shape index (κ1) is 22.8. The Bertz CT molecular complexity index is 956. The van der Waals surface area contributed by atoms with Crippen molar-refractivity contribution in [1.82, 2.24) is 19.8 Å². The Morgan fingerprint density at radius 3 is 2.50 bits per heavy atom. The Kier molecular flexibility index (Phi) is 7.79. The Morgan fingerprint density at radius 2 is 1.78 bits per heavy atom. The van der Waals surface area contributed by atoms with Gasteiger partial charge in [0.2, 0.25) is 5.91 Å². The Balaban J connectivity index is 1.28. The fourth-order valence-electron chi connectivity index (χ4n) is 5.07. The Labute approximate surface area is 190 Å². The number of fused-ring (bicyclic) bond motifs is 1. The lowest BCUT2D eigenvalue weighted by molar-refractivity contribution is -0.125. The molecule has 1 aromatic heterocycles. The summed E-state index contributed by atoms with van der Waals surface area (Å²) in [5.74, 6) is 0.707. The van der Waals surface area contributed by atoms with Crippen LogP contribution in [0.4, 0.5) is 5.82 Å². The summed E-state index contributed by atoms with van der Waals surface area (Å²) >= 11 is 0. The fraction of sp³-hybridized carbons (Fsp3) is 0.640. The van der Waals surface area contributed by atoms with Gasteiger partial charge < -0.3 is 19.7 Å². The van der Waals surface area contributed by atoms with Crippen LogP contribution < -0.4 is 15.8 Å². The molecule has 32 heavy (non-hydrogen) atoms. The molecule has 2 aromatic rings. The Morgan fingerprint density at radius 1 is 1.06 bits per heavy atom. The molecule has 0 spiro atoms. The van der Waals surface area contributed by atoms with Crippen molar-refractivity contribution in [3.05, 3.63) is 34.6 Å². The van der Waals surface area contributed by atoms with Gasteiger partial charge >= 0.3 is 0 Å². The molecule has 7 nitrogen and oxygen atoms in total. The molecule has 2 fully saturated rings. The van der Waals surface area contributed by atoms with E-state index in [1.807, 2.05) is 31.2 Å². The maximum absolute atomic E-state index is 13.0. The molecule has 0 radical (unpaired) electrons. The summed E-state index contributed by atoms with van der Waals surface area (Å²) in [6, 6.07) is 7.79. The first-order valence-electron chi connectivity index (χ1n) is 12.4. The van der Waals surface area contributed by atoms with Crippen LogP contribution in [0, 0.1) is 5.92 Å². The van der Waals surface area contributed by atoms with E-state index >= 15 is 0 Å². The number of carbonyl (C=O) groups is 1. The van der Waals surface area contributed by atoms with Crippen LogP contribution in [0.5, 0.6) is 0 Å². The number of rotatable bonds is 7. The minimum absolute atomic E-state index is 0.0262. The molecule has 0 aliphatic carbocycles. The highest BCUT2D eigenvalue weighted by molar-refractivity contribution is 5.79. The van der Waals surface area contributed by atoms with Gasteiger partial charge in [0.05, 0.1) is 11.0 Å². The van der Waals surface area contributed by atoms with Gasteiger partial charge in [-0.2, -0.15) is 0 Å². The van der Waals surface area contributed by atoms with Crippen molar-refractivity contribution in [2.45, 2.75) is 58.4 Å². The number of anilines is 1. The van der Waals surface area contributed by atoms with Crippen LogP contribution in [0.3, 0.4) is 0 Å². The molecular weight excluding hydrogens is 402 g/mol. The molecule has 1 aromatic carbocycles. The molecule has 2 saturated heterocycles. The van der Waals surface area contributed by atoms with E-state index in [0.29, 0.717) is 25.5 Å². The zero-order valence-electron chi connectivity index (χ0n) is 19.4. The number of carbonyl (C=O) groups excluding carboxylic acids is 1. The molecule has 2 aliphatic rings. The highest BCUT2D eigenvalue weighted by Crippen LogP contribution is 2.22. The molecule has 1 N–H and O–H groups in total. The summed E-state index contributed by atoms with van der Waals surface area (Å²) in [4.78, 5) is 35.0. The molecule has 3 heterocycles. The van der Waals surface area contributed by atoms with E-state index in [9.17, 15) is 9.59 Å². The number of nitrogens with zero attached hydrogens (tertiary/aromatic N) is 4. The summed E-state index contributed by atoms with van der Waals surface area (Å²) in [5, 5.41) is 3.15. The SMILES string of the molecule is CCn1c(=O)c(N2CCC(C(=O)NCCCN3CCCCCC3)CC2)nc2ccccc21. The third-order valence-corrected chi connectivity index (χ3v) is 6.97. The lowest BCUT2D eigenvalue weighted by Gasteiger charge is -2.32. The summed E-state index contributed by atoms with van der Waals surface area (Å²) in [6.45, 7) is 8.22. The Hall–Kier alpha value is -2.41. The lowest BCUT2D eigenvalue weighted by Crippen LogP contribution is -2.43. The molecule has 0 saturated carbocycles. The van der Waals surface area contributed by atoms with Gasteiger partial charge in [-0.05, 0) is 70.8 Å². The van der Waals surface area contributed by atoms with E-state index in [2.05, 4.69) is 20.1 Å². The van der Waals surface area contributed by atoms with Gasteiger partial charge in [0, 0.05) is 32.1 Å². The summed E-state index contributed by atoms with van der Waals surface area (Å²) in [5.41, 5.74) is 1.68. The normalized spacial score (nSPS) is 18.6. The monoisotopic (exact) mass is 439 g/mol. The lowest BCUT2D eigenvalue weighted by atomic mass is 9.96. The smallest absolute Gasteiger partial charge is 0.293 e. The standard InChI is InChI=1S/C25H37N5O2/c1-2-30-22-11-6-5-10-21(22)27-23(25(30)32)29-18-12-20(13-19-29)24(31)26-14-9-17-28-15-7-3-4-8-16-28/h5-6,10-11,20H,2-4,7-9,12-19H2,1H3,(H,26,31). The molecule has 0 atom stereocenters. The number of para-hydroxylation sites is 2. The second kappa shape index (κ2) is 10.9. The number of nitrogens with one attached hydrogen (secondary N) is 1. The van der Waals surface area contributed by atoms with Crippen molar-refractivity contribution in [3.63, 3.8) is 0 Å². The van der Waals surface area contributed by atoms with Gasteiger partial charge in [-0.15, -0.1) is 0 Å². The maximum atomic E-state index is 13.0. The van der Waals surface area contributed by atoms with E-state index in [0.717, 1.165) is 43.4 Å². The van der Waals surface area contributed by atoms with Crippen LogP contribution in [-0.4, -0.2) is 59.6 Å². The molecule has 0 unspecified atom stereocenters.